The number of likely N-dealkylation sites (tertiary alicyclic amines) is 1. The molecular formula is C33H47N7O. The van der Waals surface area contributed by atoms with Gasteiger partial charge in [-0.05, 0) is 69.7 Å². The fourth-order valence-electron chi connectivity index (χ4n) is 7.23. The third kappa shape index (κ3) is 5.31. The van der Waals surface area contributed by atoms with Crippen LogP contribution >= 0.6 is 0 Å². The summed E-state index contributed by atoms with van der Waals surface area (Å²) < 4.78 is 1.88. The number of anilines is 2. The number of carbonyl (C=O) groups excluding carboxylic acids is 1. The van der Waals surface area contributed by atoms with Gasteiger partial charge in [0, 0.05) is 73.3 Å². The first kappa shape index (κ1) is 28.0. The Bertz CT molecular complexity index is 1400. The molecule has 2 saturated heterocycles. The lowest BCUT2D eigenvalue weighted by molar-refractivity contribution is 0.0605. The monoisotopic (exact) mass is 557 g/mol. The Kier molecular flexibility index (Phi) is 7.94. The Morgan fingerprint density at radius 2 is 1.93 bits per heavy atom. The number of carbonyl (C=O) groups is 1. The van der Waals surface area contributed by atoms with E-state index in [1.54, 1.807) is 0 Å². The van der Waals surface area contributed by atoms with Crippen molar-refractivity contribution >= 4 is 23.1 Å². The maximum absolute atomic E-state index is 14.1. The zero-order chi connectivity index (χ0) is 28.7. The minimum atomic E-state index is -0.0402. The average molecular weight is 558 g/mol. The molecule has 41 heavy (non-hydrogen) atoms. The average Bonchev–Trinajstić information content (AvgIpc) is 3.66. The molecule has 220 valence electrons. The summed E-state index contributed by atoms with van der Waals surface area (Å²) >= 11 is 0. The highest BCUT2D eigenvalue weighted by Crippen LogP contribution is 2.42. The number of benzene rings is 1. The summed E-state index contributed by atoms with van der Waals surface area (Å²) in [5.41, 5.74) is 12.5. The molecule has 0 aliphatic carbocycles. The van der Waals surface area contributed by atoms with Crippen molar-refractivity contribution in [2.45, 2.75) is 103 Å². The van der Waals surface area contributed by atoms with Crippen LogP contribution in [-0.4, -0.2) is 63.7 Å². The lowest BCUT2D eigenvalue weighted by Crippen LogP contribution is -2.38. The zero-order valence-electron chi connectivity index (χ0n) is 25.4. The number of aromatic nitrogens is 3. The zero-order valence-corrected chi connectivity index (χ0v) is 25.4. The van der Waals surface area contributed by atoms with Crippen LogP contribution in [0.4, 0.5) is 11.5 Å². The molecule has 6 rings (SSSR count). The Morgan fingerprint density at radius 3 is 2.71 bits per heavy atom. The smallest absolute Gasteiger partial charge is 0.254 e. The first-order valence-electron chi connectivity index (χ1n) is 15.9. The minimum absolute atomic E-state index is 0.0402. The van der Waals surface area contributed by atoms with Gasteiger partial charge in [-0.1, -0.05) is 33.1 Å². The van der Waals surface area contributed by atoms with Gasteiger partial charge in [0.2, 0.25) is 0 Å². The van der Waals surface area contributed by atoms with E-state index in [0.29, 0.717) is 12.0 Å². The number of unbranched alkanes of at least 4 members (excludes halogenated alkanes) is 3. The van der Waals surface area contributed by atoms with Crippen LogP contribution < -0.4 is 15.5 Å². The molecule has 4 unspecified atom stereocenters. The molecule has 4 atom stereocenters. The van der Waals surface area contributed by atoms with Gasteiger partial charge in [0.15, 0.2) is 5.65 Å². The Balaban J connectivity index is 1.24. The number of aryl methyl sites for hydroxylation is 1. The minimum Gasteiger partial charge on any atom is -0.368 e. The normalized spacial score (nSPS) is 24.5. The van der Waals surface area contributed by atoms with E-state index in [-0.39, 0.29) is 18.0 Å². The van der Waals surface area contributed by atoms with Crippen molar-refractivity contribution in [2.24, 2.45) is 5.73 Å². The van der Waals surface area contributed by atoms with Crippen molar-refractivity contribution in [3.05, 3.63) is 52.8 Å². The highest BCUT2D eigenvalue weighted by molar-refractivity contribution is 5.95. The topological polar surface area (TPSA) is 83.0 Å². The van der Waals surface area contributed by atoms with Crippen LogP contribution in [0.1, 0.15) is 111 Å². The molecule has 5 heterocycles. The van der Waals surface area contributed by atoms with E-state index in [1.165, 1.54) is 36.9 Å². The Hall–Kier alpha value is -3.13. The van der Waals surface area contributed by atoms with Crippen molar-refractivity contribution in [1.82, 2.24) is 19.5 Å². The molecule has 2 fully saturated rings. The summed E-state index contributed by atoms with van der Waals surface area (Å²) in [6.45, 7) is 12.6. The molecular weight excluding hydrogens is 510 g/mol. The summed E-state index contributed by atoms with van der Waals surface area (Å²) in [6.07, 6.45) is 11.2. The number of piperidine rings is 1. The van der Waals surface area contributed by atoms with Gasteiger partial charge in [-0.25, -0.2) is 9.50 Å². The predicted molar refractivity (Wildman–Crippen MR) is 166 cm³/mol. The van der Waals surface area contributed by atoms with Gasteiger partial charge in [0.05, 0.1) is 11.7 Å². The first-order valence-corrected chi connectivity index (χ1v) is 15.9. The van der Waals surface area contributed by atoms with Crippen molar-refractivity contribution in [2.75, 3.05) is 36.0 Å². The van der Waals surface area contributed by atoms with Crippen LogP contribution in [0.25, 0.3) is 5.65 Å². The summed E-state index contributed by atoms with van der Waals surface area (Å²) in [6, 6.07) is 9.13. The highest BCUT2D eigenvalue weighted by atomic mass is 16.2. The molecule has 2 aromatic heterocycles. The fourth-order valence-corrected chi connectivity index (χ4v) is 7.23. The lowest BCUT2D eigenvalue weighted by Gasteiger charge is -2.35. The van der Waals surface area contributed by atoms with E-state index >= 15 is 0 Å². The molecule has 3 aliphatic heterocycles. The van der Waals surface area contributed by atoms with Crippen LogP contribution in [0.3, 0.4) is 0 Å². The van der Waals surface area contributed by atoms with Gasteiger partial charge in [-0.15, -0.1) is 0 Å². The second kappa shape index (κ2) is 11.6. The predicted octanol–water partition coefficient (Wildman–Crippen LogP) is 5.83. The van der Waals surface area contributed by atoms with Crippen molar-refractivity contribution in [3.8, 4) is 0 Å². The number of rotatable bonds is 8. The third-order valence-electron chi connectivity index (χ3n) is 9.80. The standard InChI is InChI=1S/C33H47N7O/c1-5-6-7-9-15-38-24(4)23(3)27-18-25(12-13-29(27)38)33(41)39-16-10-8-11-30(39)28-19-31-35-32(22(2)20-40(31)36-28)37-17-14-26(34)21-37/h12-13,18-20,23-24,26,30H,5-11,14-17,21,34H2,1-4H3. The van der Waals surface area contributed by atoms with Crippen LogP contribution in [0.5, 0.6) is 0 Å². The van der Waals surface area contributed by atoms with Gasteiger partial charge >= 0.3 is 0 Å². The Labute approximate surface area is 244 Å². The van der Waals surface area contributed by atoms with E-state index in [9.17, 15) is 4.79 Å². The summed E-state index contributed by atoms with van der Waals surface area (Å²) in [5, 5.41) is 4.95. The molecule has 0 radical (unpaired) electrons. The molecule has 1 amide bonds. The molecule has 0 saturated carbocycles. The SMILES string of the molecule is CCCCCCN1c2ccc(C(=O)N3CCCCC3c3cc4nc(N5CCC(N)C5)c(C)cn4n3)cc2C(C)C1C. The fraction of sp³-hybridized carbons (Fsp3) is 0.606. The number of hydrogen-bond donors (Lipinski definition) is 1. The second-order valence-electron chi connectivity index (χ2n) is 12.7. The summed E-state index contributed by atoms with van der Waals surface area (Å²) in [5.74, 6) is 1.52. The molecule has 8 heteroatoms. The largest absolute Gasteiger partial charge is 0.368 e. The molecule has 3 aliphatic rings. The third-order valence-corrected chi connectivity index (χ3v) is 9.80. The van der Waals surface area contributed by atoms with E-state index in [1.807, 2.05) is 4.52 Å². The van der Waals surface area contributed by atoms with Gasteiger partial charge < -0.3 is 20.4 Å². The van der Waals surface area contributed by atoms with E-state index in [2.05, 4.69) is 72.9 Å². The van der Waals surface area contributed by atoms with Crippen LogP contribution in [0, 0.1) is 6.92 Å². The van der Waals surface area contributed by atoms with Crippen LogP contribution in [0.15, 0.2) is 30.5 Å². The molecule has 3 aromatic rings. The van der Waals surface area contributed by atoms with Crippen molar-refractivity contribution in [1.29, 1.82) is 0 Å². The van der Waals surface area contributed by atoms with E-state index in [0.717, 1.165) is 80.1 Å². The molecule has 1 aromatic carbocycles. The van der Waals surface area contributed by atoms with Gasteiger partial charge in [0.1, 0.15) is 5.82 Å². The number of hydrogen-bond acceptors (Lipinski definition) is 6. The molecule has 8 nitrogen and oxygen atoms in total. The second-order valence-corrected chi connectivity index (χ2v) is 12.7. The molecule has 0 bridgehead atoms. The van der Waals surface area contributed by atoms with Crippen LogP contribution in [-0.2, 0) is 0 Å². The van der Waals surface area contributed by atoms with Crippen LogP contribution in [0.2, 0.25) is 0 Å². The highest BCUT2D eigenvalue weighted by Gasteiger charge is 2.35. The van der Waals surface area contributed by atoms with Gasteiger partial charge in [-0.3, -0.25) is 4.79 Å². The first-order chi connectivity index (χ1) is 19.9. The molecule has 0 spiro atoms. The summed E-state index contributed by atoms with van der Waals surface area (Å²) in [7, 11) is 0. The van der Waals surface area contributed by atoms with Gasteiger partial charge in [0.25, 0.3) is 5.91 Å². The van der Waals surface area contributed by atoms with E-state index < -0.39 is 0 Å². The number of nitrogens with zero attached hydrogens (tertiary/aromatic N) is 6. The van der Waals surface area contributed by atoms with Gasteiger partial charge in [-0.2, -0.15) is 5.10 Å². The van der Waals surface area contributed by atoms with Crippen molar-refractivity contribution in [3.63, 3.8) is 0 Å². The number of amides is 1. The maximum Gasteiger partial charge on any atom is 0.254 e. The van der Waals surface area contributed by atoms with Crippen molar-refractivity contribution < 1.29 is 4.79 Å². The quantitative estimate of drug-likeness (QED) is 0.351. The van der Waals surface area contributed by atoms with E-state index in [4.69, 9.17) is 15.8 Å². The summed E-state index contributed by atoms with van der Waals surface area (Å²) in [4.78, 5) is 26.0. The number of fused-ring (bicyclic) bond motifs is 2. The molecule has 2 N–H and O–H groups in total. The lowest BCUT2D eigenvalue weighted by atomic mass is 9.95. The number of nitrogens with two attached hydrogens (primary N) is 1. The maximum atomic E-state index is 14.1. The Morgan fingerprint density at radius 1 is 1.07 bits per heavy atom.